The summed E-state index contributed by atoms with van der Waals surface area (Å²) >= 11 is 0. The van der Waals surface area contributed by atoms with Crippen LogP contribution < -0.4 is 15.8 Å². The summed E-state index contributed by atoms with van der Waals surface area (Å²) in [5.41, 5.74) is 5.93. The van der Waals surface area contributed by atoms with Crippen molar-refractivity contribution in [2.45, 2.75) is 12.8 Å². The molecular formula is C13H18N4O2. The standard InChI is InChI=1S/C13H18N4O2/c14-12(15)9-19-11-5-3-10(4-6-11)16-13(18)17-7-1-2-8-17/h3-6H,1-2,7-9H2,(H3,14,15)(H,16,18). The third kappa shape index (κ3) is 3.87. The van der Waals surface area contributed by atoms with Crippen LogP contribution in [0.15, 0.2) is 24.3 Å². The molecule has 0 radical (unpaired) electrons. The van der Waals surface area contributed by atoms with Gasteiger partial charge in [0.05, 0.1) is 0 Å². The van der Waals surface area contributed by atoms with Gasteiger partial charge in [0.2, 0.25) is 0 Å². The molecule has 0 unspecified atom stereocenters. The maximum absolute atomic E-state index is 11.9. The van der Waals surface area contributed by atoms with Gasteiger partial charge in [0.25, 0.3) is 0 Å². The second kappa shape index (κ2) is 6.08. The Balaban J connectivity index is 1.87. The number of carbonyl (C=O) groups is 1. The number of hydrogen-bond acceptors (Lipinski definition) is 3. The minimum absolute atomic E-state index is 0.0218. The van der Waals surface area contributed by atoms with Crippen LogP contribution in [0, 0.1) is 5.41 Å². The minimum atomic E-state index is -0.0603. The number of ether oxygens (including phenoxy) is 1. The van der Waals surface area contributed by atoms with Crippen LogP contribution in [0.3, 0.4) is 0 Å². The van der Waals surface area contributed by atoms with E-state index in [9.17, 15) is 4.79 Å². The molecule has 0 saturated carbocycles. The van der Waals surface area contributed by atoms with Crippen molar-refractivity contribution in [1.29, 1.82) is 5.41 Å². The first-order chi connectivity index (χ1) is 9.15. The van der Waals surface area contributed by atoms with Gasteiger partial charge in [0.1, 0.15) is 18.2 Å². The lowest BCUT2D eigenvalue weighted by molar-refractivity contribution is 0.222. The predicted octanol–water partition coefficient (Wildman–Crippen LogP) is 1.63. The van der Waals surface area contributed by atoms with Crippen LogP contribution in [0.4, 0.5) is 10.5 Å². The third-order valence-electron chi connectivity index (χ3n) is 2.89. The van der Waals surface area contributed by atoms with Crippen LogP contribution in [0.1, 0.15) is 12.8 Å². The number of anilines is 1. The van der Waals surface area contributed by atoms with Crippen LogP contribution in [-0.2, 0) is 0 Å². The first-order valence-electron chi connectivity index (χ1n) is 6.27. The molecule has 0 aromatic heterocycles. The fourth-order valence-corrected chi connectivity index (χ4v) is 1.92. The highest BCUT2D eigenvalue weighted by Gasteiger charge is 2.17. The van der Waals surface area contributed by atoms with Crippen molar-refractivity contribution in [3.63, 3.8) is 0 Å². The van der Waals surface area contributed by atoms with Crippen LogP contribution in [0.2, 0.25) is 0 Å². The fourth-order valence-electron chi connectivity index (χ4n) is 1.92. The smallest absolute Gasteiger partial charge is 0.321 e. The van der Waals surface area contributed by atoms with Crippen LogP contribution in [0.25, 0.3) is 0 Å². The van der Waals surface area contributed by atoms with Crippen molar-refractivity contribution in [1.82, 2.24) is 4.90 Å². The highest BCUT2D eigenvalue weighted by Crippen LogP contribution is 2.17. The predicted molar refractivity (Wildman–Crippen MR) is 73.7 cm³/mol. The molecule has 6 nitrogen and oxygen atoms in total. The molecule has 1 aliphatic rings. The first kappa shape index (κ1) is 13.2. The molecule has 102 valence electrons. The lowest BCUT2D eigenvalue weighted by Gasteiger charge is -2.16. The number of benzene rings is 1. The number of urea groups is 1. The molecule has 0 aliphatic carbocycles. The topological polar surface area (TPSA) is 91.4 Å². The van der Waals surface area contributed by atoms with E-state index >= 15 is 0 Å². The van der Waals surface area contributed by atoms with Gasteiger partial charge in [-0.2, -0.15) is 0 Å². The lowest BCUT2D eigenvalue weighted by Crippen LogP contribution is -2.32. The highest BCUT2D eigenvalue weighted by molar-refractivity contribution is 5.89. The van der Waals surface area contributed by atoms with E-state index in [0.29, 0.717) is 5.75 Å². The SMILES string of the molecule is N=C(N)COc1ccc(NC(=O)N2CCCC2)cc1. The molecule has 0 bridgehead atoms. The summed E-state index contributed by atoms with van der Waals surface area (Å²) in [6.07, 6.45) is 2.15. The zero-order valence-corrected chi connectivity index (χ0v) is 10.7. The molecule has 1 saturated heterocycles. The number of amides is 2. The monoisotopic (exact) mass is 262 g/mol. The van der Waals surface area contributed by atoms with Crippen molar-refractivity contribution >= 4 is 17.6 Å². The number of rotatable bonds is 4. The maximum atomic E-state index is 11.9. The quantitative estimate of drug-likeness (QED) is 0.569. The van der Waals surface area contributed by atoms with Crippen molar-refractivity contribution in [2.75, 3.05) is 25.0 Å². The van der Waals surface area contributed by atoms with Crippen LogP contribution in [0.5, 0.6) is 5.75 Å². The molecular weight excluding hydrogens is 244 g/mol. The average Bonchev–Trinajstić information content (AvgIpc) is 2.92. The summed E-state index contributed by atoms with van der Waals surface area (Å²) < 4.78 is 5.25. The lowest BCUT2D eigenvalue weighted by atomic mass is 10.3. The van der Waals surface area contributed by atoms with Crippen molar-refractivity contribution in [2.24, 2.45) is 5.73 Å². The average molecular weight is 262 g/mol. The molecule has 19 heavy (non-hydrogen) atoms. The Hall–Kier alpha value is -2.24. The molecule has 4 N–H and O–H groups in total. The summed E-state index contributed by atoms with van der Waals surface area (Å²) in [5, 5.41) is 9.90. The van der Waals surface area contributed by atoms with E-state index in [1.807, 2.05) is 0 Å². The molecule has 1 aliphatic heterocycles. The normalized spacial score (nSPS) is 14.2. The number of amidine groups is 1. The molecule has 1 aromatic rings. The number of hydrogen-bond donors (Lipinski definition) is 3. The molecule has 1 fully saturated rings. The second-order valence-electron chi connectivity index (χ2n) is 4.46. The summed E-state index contributed by atoms with van der Waals surface area (Å²) in [4.78, 5) is 13.7. The molecule has 0 atom stereocenters. The van der Waals surface area contributed by atoms with Gasteiger partial charge in [-0.25, -0.2) is 4.79 Å². The summed E-state index contributed by atoms with van der Waals surface area (Å²) in [5.74, 6) is 0.598. The van der Waals surface area contributed by atoms with Gasteiger partial charge in [-0.15, -0.1) is 0 Å². The first-order valence-corrected chi connectivity index (χ1v) is 6.27. The summed E-state index contributed by atoms with van der Waals surface area (Å²) in [6, 6.07) is 6.95. The molecule has 1 heterocycles. The molecule has 1 aromatic carbocycles. The fraction of sp³-hybridized carbons (Fsp3) is 0.385. The van der Waals surface area contributed by atoms with Gasteiger partial charge in [-0.3, -0.25) is 5.41 Å². The Morgan fingerprint density at radius 1 is 1.32 bits per heavy atom. The second-order valence-corrected chi connectivity index (χ2v) is 4.46. The van der Waals surface area contributed by atoms with Crippen molar-refractivity contribution < 1.29 is 9.53 Å². The Labute approximate surface area is 112 Å². The van der Waals surface area contributed by atoms with Gasteiger partial charge in [-0.05, 0) is 37.1 Å². The Morgan fingerprint density at radius 3 is 2.53 bits per heavy atom. The number of nitrogens with two attached hydrogens (primary N) is 1. The zero-order valence-electron chi connectivity index (χ0n) is 10.7. The zero-order chi connectivity index (χ0) is 13.7. The van der Waals surface area contributed by atoms with Gasteiger partial charge in [0.15, 0.2) is 0 Å². The van der Waals surface area contributed by atoms with E-state index < -0.39 is 0 Å². The maximum Gasteiger partial charge on any atom is 0.321 e. The van der Waals surface area contributed by atoms with E-state index in [0.717, 1.165) is 31.6 Å². The third-order valence-corrected chi connectivity index (χ3v) is 2.89. The van der Waals surface area contributed by atoms with Crippen LogP contribution >= 0.6 is 0 Å². The Bertz CT molecular complexity index is 452. The van der Waals surface area contributed by atoms with E-state index in [1.54, 1.807) is 29.2 Å². The molecule has 2 rings (SSSR count). The number of likely N-dealkylation sites (tertiary alicyclic amines) is 1. The van der Waals surface area contributed by atoms with Crippen molar-refractivity contribution in [3.8, 4) is 5.75 Å². The largest absolute Gasteiger partial charge is 0.486 e. The summed E-state index contributed by atoms with van der Waals surface area (Å²) in [7, 11) is 0. The Morgan fingerprint density at radius 2 is 1.95 bits per heavy atom. The van der Waals surface area contributed by atoms with E-state index in [-0.39, 0.29) is 18.5 Å². The number of nitrogens with zero attached hydrogens (tertiary/aromatic N) is 1. The van der Waals surface area contributed by atoms with Gasteiger partial charge in [-0.1, -0.05) is 0 Å². The number of carbonyl (C=O) groups excluding carboxylic acids is 1. The van der Waals surface area contributed by atoms with E-state index in [1.165, 1.54) is 0 Å². The highest BCUT2D eigenvalue weighted by atomic mass is 16.5. The van der Waals surface area contributed by atoms with Gasteiger partial charge in [0, 0.05) is 18.8 Å². The molecule has 6 heteroatoms. The van der Waals surface area contributed by atoms with Gasteiger partial charge < -0.3 is 20.7 Å². The number of nitrogens with one attached hydrogen (secondary N) is 2. The molecule has 2 amide bonds. The van der Waals surface area contributed by atoms with E-state index in [2.05, 4.69) is 5.32 Å². The van der Waals surface area contributed by atoms with Gasteiger partial charge >= 0.3 is 6.03 Å². The van der Waals surface area contributed by atoms with Crippen LogP contribution in [-0.4, -0.2) is 36.5 Å². The minimum Gasteiger partial charge on any atom is -0.486 e. The summed E-state index contributed by atoms with van der Waals surface area (Å²) in [6.45, 7) is 1.72. The van der Waals surface area contributed by atoms with E-state index in [4.69, 9.17) is 15.9 Å². The molecule has 0 spiro atoms. The van der Waals surface area contributed by atoms with Crippen molar-refractivity contribution in [3.05, 3.63) is 24.3 Å². The Kier molecular flexibility index (Phi) is 4.22.